The molecule has 1 aliphatic rings. The van der Waals surface area contributed by atoms with E-state index in [0.717, 1.165) is 30.0 Å². The summed E-state index contributed by atoms with van der Waals surface area (Å²) in [6.07, 6.45) is 2.91. The molecular weight excluding hydrogens is 360 g/mol. The Labute approximate surface area is 164 Å². The Hall–Kier alpha value is -2.28. The van der Waals surface area contributed by atoms with Crippen molar-refractivity contribution in [1.29, 1.82) is 0 Å². The molecule has 1 unspecified atom stereocenters. The van der Waals surface area contributed by atoms with Crippen molar-refractivity contribution in [2.75, 3.05) is 16.8 Å². The van der Waals surface area contributed by atoms with Crippen LogP contribution in [0.4, 0.5) is 10.8 Å². The Morgan fingerprint density at radius 3 is 2.70 bits per heavy atom. The maximum Gasteiger partial charge on any atom is 0.229 e. The van der Waals surface area contributed by atoms with E-state index in [2.05, 4.69) is 28.5 Å². The van der Waals surface area contributed by atoms with Crippen molar-refractivity contribution >= 4 is 34.0 Å². The number of carbonyl (C=O) groups is 2. The summed E-state index contributed by atoms with van der Waals surface area (Å²) in [6, 6.07) is 8.03. The molecule has 0 bridgehead atoms. The summed E-state index contributed by atoms with van der Waals surface area (Å²) in [5.74, 6) is 0.104. The number of aryl methyl sites for hydroxylation is 1. The highest BCUT2D eigenvalue weighted by Crippen LogP contribution is 2.35. The molecule has 2 heterocycles. The fourth-order valence-electron chi connectivity index (χ4n) is 3.50. The third-order valence-electron chi connectivity index (χ3n) is 5.16. The first-order chi connectivity index (χ1) is 13.1. The SMILES string of the molecule is CCc1ccccc1N1CC(c2nnc(NC(=O)C(CC)CC)s2)CC1=O. The van der Waals surface area contributed by atoms with Crippen LogP contribution < -0.4 is 10.2 Å². The normalized spacial score (nSPS) is 17.0. The van der Waals surface area contributed by atoms with Crippen molar-refractivity contribution in [1.82, 2.24) is 10.2 Å². The Morgan fingerprint density at radius 1 is 1.26 bits per heavy atom. The molecule has 0 radical (unpaired) electrons. The summed E-state index contributed by atoms with van der Waals surface area (Å²) in [6.45, 7) is 6.71. The van der Waals surface area contributed by atoms with Crippen LogP contribution in [-0.4, -0.2) is 28.6 Å². The third kappa shape index (κ3) is 4.18. The highest BCUT2D eigenvalue weighted by Gasteiger charge is 2.34. The predicted octanol–water partition coefficient (Wildman–Crippen LogP) is 4.00. The fraction of sp³-hybridized carbons (Fsp3) is 0.500. The van der Waals surface area contributed by atoms with Crippen LogP contribution in [0.5, 0.6) is 0 Å². The molecule has 2 aromatic rings. The Bertz CT molecular complexity index is 816. The van der Waals surface area contributed by atoms with Gasteiger partial charge in [-0.05, 0) is 30.9 Å². The molecule has 3 rings (SSSR count). The van der Waals surface area contributed by atoms with Gasteiger partial charge in [0.25, 0.3) is 0 Å². The van der Waals surface area contributed by atoms with Crippen LogP contribution >= 0.6 is 11.3 Å². The number of carbonyl (C=O) groups excluding carboxylic acids is 2. The molecule has 6 nitrogen and oxygen atoms in total. The van der Waals surface area contributed by atoms with Gasteiger partial charge in [0.05, 0.1) is 0 Å². The van der Waals surface area contributed by atoms with Crippen LogP contribution in [0.25, 0.3) is 0 Å². The lowest BCUT2D eigenvalue weighted by molar-refractivity contribution is -0.120. The van der Waals surface area contributed by atoms with Gasteiger partial charge in [-0.25, -0.2) is 0 Å². The van der Waals surface area contributed by atoms with Gasteiger partial charge in [-0.2, -0.15) is 0 Å². The number of benzene rings is 1. The molecule has 1 aromatic heterocycles. The molecule has 7 heteroatoms. The molecule has 1 atom stereocenters. The molecule has 1 aromatic carbocycles. The maximum absolute atomic E-state index is 12.6. The zero-order valence-corrected chi connectivity index (χ0v) is 16.9. The Kier molecular flexibility index (Phi) is 6.21. The number of hydrogen-bond donors (Lipinski definition) is 1. The quantitative estimate of drug-likeness (QED) is 0.780. The second kappa shape index (κ2) is 8.61. The summed E-state index contributed by atoms with van der Waals surface area (Å²) in [7, 11) is 0. The minimum absolute atomic E-state index is 0.00792. The summed E-state index contributed by atoms with van der Waals surface area (Å²) < 4.78 is 0. The number of nitrogens with zero attached hydrogens (tertiary/aromatic N) is 3. The van der Waals surface area contributed by atoms with Gasteiger partial charge in [0.15, 0.2) is 0 Å². The largest absolute Gasteiger partial charge is 0.311 e. The molecule has 0 spiro atoms. The molecule has 1 aliphatic heterocycles. The van der Waals surface area contributed by atoms with E-state index in [9.17, 15) is 9.59 Å². The smallest absolute Gasteiger partial charge is 0.229 e. The zero-order chi connectivity index (χ0) is 19.4. The molecule has 0 saturated carbocycles. The van der Waals surface area contributed by atoms with Gasteiger partial charge < -0.3 is 10.2 Å². The fourth-order valence-corrected chi connectivity index (χ4v) is 4.33. The molecule has 1 saturated heterocycles. The standard InChI is InChI=1S/C20H26N4O2S/c1-4-13(5-2)18(26)21-20-23-22-19(27-20)15-11-17(25)24(12-15)16-10-8-7-9-14(16)6-3/h7-10,13,15H,4-6,11-12H2,1-3H3,(H,21,23,26). The Balaban J connectivity index is 1.71. The van der Waals surface area contributed by atoms with Crippen LogP contribution in [0.2, 0.25) is 0 Å². The van der Waals surface area contributed by atoms with Crippen molar-refractivity contribution in [3.63, 3.8) is 0 Å². The van der Waals surface area contributed by atoms with Gasteiger partial charge >= 0.3 is 0 Å². The number of nitrogens with one attached hydrogen (secondary N) is 1. The lowest BCUT2D eigenvalue weighted by atomic mass is 10.0. The van der Waals surface area contributed by atoms with Crippen LogP contribution in [0.15, 0.2) is 24.3 Å². The van der Waals surface area contributed by atoms with Gasteiger partial charge in [-0.15, -0.1) is 10.2 Å². The lowest BCUT2D eigenvalue weighted by Gasteiger charge is -2.19. The number of anilines is 2. The second-order valence-corrected chi connectivity index (χ2v) is 7.84. The summed E-state index contributed by atoms with van der Waals surface area (Å²) >= 11 is 1.37. The van der Waals surface area contributed by atoms with E-state index < -0.39 is 0 Å². The molecule has 1 fully saturated rings. The minimum atomic E-state index is -0.0105. The van der Waals surface area contributed by atoms with E-state index in [0.29, 0.717) is 18.1 Å². The number of amides is 2. The van der Waals surface area contributed by atoms with Gasteiger partial charge in [-0.1, -0.05) is 50.3 Å². The lowest BCUT2D eigenvalue weighted by Crippen LogP contribution is -2.25. The minimum Gasteiger partial charge on any atom is -0.311 e. The zero-order valence-electron chi connectivity index (χ0n) is 16.1. The molecular formula is C20H26N4O2S. The van der Waals surface area contributed by atoms with E-state index in [1.54, 1.807) is 0 Å². The van der Waals surface area contributed by atoms with E-state index in [1.807, 2.05) is 36.9 Å². The van der Waals surface area contributed by atoms with E-state index in [-0.39, 0.29) is 23.7 Å². The maximum atomic E-state index is 12.6. The molecule has 0 aliphatic carbocycles. The third-order valence-corrected chi connectivity index (χ3v) is 6.17. The number of para-hydroxylation sites is 1. The van der Waals surface area contributed by atoms with Crippen molar-refractivity contribution in [2.24, 2.45) is 5.92 Å². The average molecular weight is 387 g/mol. The van der Waals surface area contributed by atoms with E-state index in [4.69, 9.17) is 0 Å². The number of rotatable bonds is 7. The van der Waals surface area contributed by atoms with Gasteiger partial charge in [0.1, 0.15) is 5.01 Å². The first-order valence-electron chi connectivity index (χ1n) is 9.59. The van der Waals surface area contributed by atoms with Gasteiger partial charge in [-0.3, -0.25) is 9.59 Å². The first kappa shape index (κ1) is 19.5. The topological polar surface area (TPSA) is 75.2 Å². The van der Waals surface area contributed by atoms with Gasteiger partial charge in [0.2, 0.25) is 16.9 Å². The van der Waals surface area contributed by atoms with Crippen LogP contribution in [0, 0.1) is 5.92 Å². The van der Waals surface area contributed by atoms with Crippen molar-refractivity contribution in [3.8, 4) is 0 Å². The second-order valence-electron chi connectivity index (χ2n) is 6.84. The summed E-state index contributed by atoms with van der Waals surface area (Å²) in [5.41, 5.74) is 2.15. The van der Waals surface area contributed by atoms with E-state index >= 15 is 0 Å². The van der Waals surface area contributed by atoms with Crippen molar-refractivity contribution in [2.45, 2.75) is 52.4 Å². The molecule has 2 amide bonds. The predicted molar refractivity (Wildman–Crippen MR) is 108 cm³/mol. The van der Waals surface area contributed by atoms with Crippen molar-refractivity contribution < 1.29 is 9.59 Å². The molecule has 27 heavy (non-hydrogen) atoms. The van der Waals surface area contributed by atoms with E-state index in [1.165, 1.54) is 16.9 Å². The van der Waals surface area contributed by atoms with Gasteiger partial charge in [0, 0.05) is 30.5 Å². The van der Waals surface area contributed by atoms with Crippen molar-refractivity contribution in [3.05, 3.63) is 34.8 Å². The average Bonchev–Trinajstić information content (AvgIpc) is 3.29. The molecule has 1 N–H and O–H groups in total. The monoisotopic (exact) mass is 386 g/mol. The summed E-state index contributed by atoms with van der Waals surface area (Å²) in [5, 5.41) is 12.5. The number of aromatic nitrogens is 2. The van der Waals surface area contributed by atoms with Crippen LogP contribution in [0.3, 0.4) is 0 Å². The van der Waals surface area contributed by atoms with Crippen LogP contribution in [-0.2, 0) is 16.0 Å². The highest BCUT2D eigenvalue weighted by molar-refractivity contribution is 7.15. The number of hydrogen-bond acceptors (Lipinski definition) is 5. The highest BCUT2D eigenvalue weighted by atomic mass is 32.1. The summed E-state index contributed by atoms with van der Waals surface area (Å²) in [4.78, 5) is 26.7. The first-order valence-corrected chi connectivity index (χ1v) is 10.4. The Morgan fingerprint density at radius 2 is 2.00 bits per heavy atom. The molecule has 144 valence electrons. The van der Waals surface area contributed by atoms with Crippen LogP contribution in [0.1, 0.15) is 56.5 Å².